The van der Waals surface area contributed by atoms with Crippen molar-refractivity contribution >= 4 is 73.3 Å². The number of halogens is 2. The molecule has 0 N–H and O–H groups in total. The van der Waals surface area contributed by atoms with E-state index in [1.54, 1.807) is 36.4 Å². The van der Waals surface area contributed by atoms with Crippen LogP contribution in [0.2, 0.25) is 10.0 Å². The fraction of sp³-hybridized carbons (Fsp3) is 0.0526. The lowest BCUT2D eigenvalue weighted by molar-refractivity contribution is -0.121. The lowest BCUT2D eigenvalue weighted by Gasteiger charge is -2.14. The van der Waals surface area contributed by atoms with Gasteiger partial charge in [-0.1, -0.05) is 47.2 Å². The molecule has 1 saturated heterocycles. The van der Waals surface area contributed by atoms with Gasteiger partial charge >= 0.3 is 0 Å². The number of thiocarbonyl (C=S) groups is 1. The standard InChI is InChI=1S/C19H11Cl2NO4S3/c20-12-6-11(7-13(21)8-12)16-4-3-14(26-16)9-17-18(23)22(19(27)28-17)10-15-2-1-5-29(15,24)25/h1-9H,10H2/b17-9+. The van der Waals surface area contributed by atoms with Crippen LogP contribution >= 0.6 is 47.2 Å². The van der Waals surface area contributed by atoms with Gasteiger partial charge in [-0.3, -0.25) is 9.69 Å². The molecule has 0 spiro atoms. The fourth-order valence-corrected chi connectivity index (χ4v) is 5.58. The number of hydrogen-bond donors (Lipinski definition) is 0. The summed E-state index contributed by atoms with van der Waals surface area (Å²) in [4.78, 5) is 14.5. The summed E-state index contributed by atoms with van der Waals surface area (Å²) in [6, 6.07) is 8.52. The van der Waals surface area contributed by atoms with Crippen molar-refractivity contribution in [2.75, 3.05) is 6.54 Å². The van der Waals surface area contributed by atoms with Crippen molar-refractivity contribution < 1.29 is 17.6 Å². The number of furan rings is 1. The van der Waals surface area contributed by atoms with E-state index in [2.05, 4.69) is 0 Å². The first kappa shape index (κ1) is 20.4. The Morgan fingerprint density at radius 3 is 2.55 bits per heavy atom. The molecule has 2 aliphatic rings. The minimum Gasteiger partial charge on any atom is -0.457 e. The highest BCUT2D eigenvalue weighted by atomic mass is 35.5. The van der Waals surface area contributed by atoms with Crippen molar-refractivity contribution in [1.82, 2.24) is 4.90 Å². The number of carbonyl (C=O) groups excluding carboxylic acids is 1. The predicted octanol–water partition coefficient (Wildman–Crippen LogP) is 5.28. The van der Waals surface area contributed by atoms with Crippen LogP contribution in [0, 0.1) is 0 Å². The van der Waals surface area contributed by atoms with Gasteiger partial charge in [0.2, 0.25) is 0 Å². The van der Waals surface area contributed by atoms with E-state index >= 15 is 0 Å². The molecule has 0 atom stereocenters. The van der Waals surface area contributed by atoms with Gasteiger partial charge in [-0.25, -0.2) is 8.42 Å². The molecule has 1 fully saturated rings. The van der Waals surface area contributed by atoms with E-state index in [-0.39, 0.29) is 21.7 Å². The third-order valence-corrected chi connectivity index (χ3v) is 7.47. The van der Waals surface area contributed by atoms with Gasteiger partial charge in [0.05, 0.1) is 16.4 Å². The Morgan fingerprint density at radius 1 is 1.17 bits per heavy atom. The molecule has 0 radical (unpaired) electrons. The smallest absolute Gasteiger partial charge is 0.266 e. The van der Waals surface area contributed by atoms with Gasteiger partial charge in [0, 0.05) is 27.1 Å². The third-order valence-electron chi connectivity index (χ3n) is 4.14. The zero-order valence-electron chi connectivity index (χ0n) is 14.5. The second-order valence-corrected chi connectivity index (χ2v) is 10.6. The van der Waals surface area contributed by atoms with Gasteiger partial charge in [0.15, 0.2) is 9.84 Å². The summed E-state index contributed by atoms with van der Waals surface area (Å²) in [5.74, 6) is 0.627. The molecule has 0 bridgehead atoms. The van der Waals surface area contributed by atoms with Crippen LogP contribution in [0.3, 0.4) is 0 Å². The molecule has 29 heavy (non-hydrogen) atoms. The summed E-state index contributed by atoms with van der Waals surface area (Å²) in [5.41, 5.74) is 0.709. The summed E-state index contributed by atoms with van der Waals surface area (Å²) in [7, 11) is -3.47. The van der Waals surface area contributed by atoms with Crippen LogP contribution in [-0.2, 0) is 14.6 Å². The monoisotopic (exact) mass is 483 g/mol. The number of benzene rings is 1. The Labute approximate surface area is 186 Å². The van der Waals surface area contributed by atoms with Crippen LogP contribution in [0.1, 0.15) is 5.76 Å². The first-order valence-corrected chi connectivity index (χ1v) is 11.7. The molecule has 0 aliphatic carbocycles. The van der Waals surface area contributed by atoms with E-state index in [4.69, 9.17) is 39.8 Å². The average molecular weight is 484 g/mol. The summed E-state index contributed by atoms with van der Waals surface area (Å²) in [6.07, 6.45) is 4.47. The van der Waals surface area contributed by atoms with Crippen molar-refractivity contribution in [3.63, 3.8) is 0 Å². The lowest BCUT2D eigenvalue weighted by atomic mass is 10.2. The minimum atomic E-state index is -3.47. The number of sulfone groups is 1. The Morgan fingerprint density at radius 2 is 1.90 bits per heavy atom. The van der Waals surface area contributed by atoms with Crippen LogP contribution in [0.15, 0.2) is 62.1 Å². The molecule has 10 heteroatoms. The van der Waals surface area contributed by atoms with Crippen LogP contribution in [-0.4, -0.2) is 30.1 Å². The SMILES string of the molecule is O=C1/C(=C\c2ccc(-c3cc(Cl)cc(Cl)c3)o2)SC(=S)N1CC1=CC=CS1(=O)=O. The van der Waals surface area contributed by atoms with E-state index in [9.17, 15) is 13.2 Å². The summed E-state index contributed by atoms with van der Waals surface area (Å²) < 4.78 is 29.9. The highest BCUT2D eigenvalue weighted by Crippen LogP contribution is 2.35. The maximum absolute atomic E-state index is 12.7. The number of carbonyl (C=O) groups is 1. The number of hydrogen-bond acceptors (Lipinski definition) is 6. The molecular weight excluding hydrogens is 473 g/mol. The predicted molar refractivity (Wildman–Crippen MR) is 120 cm³/mol. The van der Waals surface area contributed by atoms with Gasteiger partial charge in [-0.05, 0) is 42.5 Å². The highest BCUT2D eigenvalue weighted by molar-refractivity contribution is 8.26. The normalized spacial score (nSPS) is 19.4. The summed E-state index contributed by atoms with van der Waals surface area (Å²) in [5, 5.41) is 2.07. The highest BCUT2D eigenvalue weighted by Gasteiger charge is 2.35. The average Bonchev–Trinajstić information content (AvgIpc) is 3.30. The maximum Gasteiger partial charge on any atom is 0.266 e. The van der Waals surface area contributed by atoms with Crippen LogP contribution in [0.25, 0.3) is 17.4 Å². The molecule has 5 nitrogen and oxygen atoms in total. The largest absolute Gasteiger partial charge is 0.457 e. The summed E-state index contributed by atoms with van der Waals surface area (Å²) in [6.45, 7) is -0.0955. The lowest BCUT2D eigenvalue weighted by Crippen LogP contribution is -2.31. The first-order chi connectivity index (χ1) is 13.7. The van der Waals surface area contributed by atoms with Crippen LogP contribution in [0.5, 0.6) is 0 Å². The Bertz CT molecular complexity index is 1220. The van der Waals surface area contributed by atoms with E-state index in [0.29, 0.717) is 32.0 Å². The van der Waals surface area contributed by atoms with Gasteiger partial charge in [-0.15, -0.1) is 0 Å². The van der Waals surface area contributed by atoms with Crippen molar-refractivity contribution in [1.29, 1.82) is 0 Å². The van der Waals surface area contributed by atoms with E-state index < -0.39 is 9.84 Å². The van der Waals surface area contributed by atoms with Gasteiger partial charge in [0.25, 0.3) is 5.91 Å². The Kier molecular flexibility index (Phi) is 5.48. The second-order valence-electron chi connectivity index (χ2n) is 6.13. The van der Waals surface area contributed by atoms with Crippen LogP contribution < -0.4 is 0 Å². The van der Waals surface area contributed by atoms with E-state index in [0.717, 1.165) is 17.2 Å². The zero-order valence-corrected chi connectivity index (χ0v) is 18.4. The van der Waals surface area contributed by atoms with Gasteiger partial charge < -0.3 is 4.42 Å². The molecule has 4 rings (SSSR count). The number of amides is 1. The van der Waals surface area contributed by atoms with Crippen molar-refractivity contribution in [3.05, 3.63) is 73.5 Å². The molecule has 0 unspecified atom stereocenters. The van der Waals surface area contributed by atoms with Crippen molar-refractivity contribution in [2.45, 2.75) is 0 Å². The summed E-state index contributed by atoms with van der Waals surface area (Å²) >= 11 is 18.4. The van der Waals surface area contributed by atoms with Gasteiger partial charge in [-0.2, -0.15) is 0 Å². The molecule has 3 heterocycles. The maximum atomic E-state index is 12.7. The zero-order chi connectivity index (χ0) is 20.8. The number of thioether (sulfide) groups is 1. The van der Waals surface area contributed by atoms with E-state index in [1.807, 2.05) is 0 Å². The van der Waals surface area contributed by atoms with E-state index in [1.165, 1.54) is 17.1 Å². The first-order valence-electron chi connectivity index (χ1n) is 8.17. The van der Waals surface area contributed by atoms with Crippen molar-refractivity contribution in [3.8, 4) is 11.3 Å². The molecule has 148 valence electrons. The molecule has 1 aromatic heterocycles. The van der Waals surface area contributed by atoms with Gasteiger partial charge in [0.1, 0.15) is 15.8 Å². The van der Waals surface area contributed by atoms with Crippen LogP contribution in [0.4, 0.5) is 0 Å². The number of rotatable bonds is 4. The second kappa shape index (κ2) is 7.77. The molecule has 2 aliphatic heterocycles. The number of nitrogens with zero attached hydrogens (tertiary/aromatic N) is 1. The minimum absolute atomic E-state index is 0.0955. The fourth-order valence-electron chi connectivity index (χ4n) is 2.78. The molecular formula is C19H11Cl2NO4S3. The molecule has 0 saturated carbocycles. The molecule has 1 aromatic carbocycles. The number of allylic oxidation sites excluding steroid dienone is 2. The Hall–Kier alpha value is -1.84. The molecule has 2 aromatic rings. The topological polar surface area (TPSA) is 67.6 Å². The third kappa shape index (κ3) is 4.22. The molecule has 1 amide bonds. The van der Waals surface area contributed by atoms with Crippen molar-refractivity contribution in [2.24, 2.45) is 0 Å². The Balaban J connectivity index is 1.56. The quantitative estimate of drug-likeness (QED) is 0.435.